The van der Waals surface area contributed by atoms with Crippen molar-refractivity contribution in [3.8, 4) is 0 Å². The van der Waals surface area contributed by atoms with Gasteiger partial charge in [-0.2, -0.15) is 0 Å². The van der Waals surface area contributed by atoms with E-state index in [2.05, 4.69) is 28.7 Å². The van der Waals surface area contributed by atoms with E-state index in [0.29, 0.717) is 5.82 Å². The Balaban J connectivity index is 2.81. The number of aryl methyl sites for hydroxylation is 1. The molecular formula is C11H20N4. The van der Waals surface area contributed by atoms with E-state index >= 15 is 0 Å². The van der Waals surface area contributed by atoms with Crippen LogP contribution in [0.3, 0.4) is 0 Å². The maximum Gasteiger partial charge on any atom is 0.134 e. The highest BCUT2D eigenvalue weighted by Crippen LogP contribution is 2.14. The largest absolute Gasteiger partial charge is 0.384 e. The summed E-state index contributed by atoms with van der Waals surface area (Å²) < 4.78 is 0. The summed E-state index contributed by atoms with van der Waals surface area (Å²) in [4.78, 5) is 10.7. The van der Waals surface area contributed by atoms with Crippen molar-refractivity contribution < 1.29 is 0 Å². The Bertz CT molecular complexity index is 291. The number of nitrogens with two attached hydrogens (primary N) is 1. The fraction of sp³-hybridized carbons (Fsp3) is 0.636. The third-order valence-electron chi connectivity index (χ3n) is 2.33. The first kappa shape index (κ1) is 11.8. The molecule has 0 aliphatic heterocycles. The van der Waals surface area contributed by atoms with Crippen LogP contribution in [0.5, 0.6) is 0 Å². The molecule has 4 nitrogen and oxygen atoms in total. The van der Waals surface area contributed by atoms with Gasteiger partial charge in [-0.25, -0.2) is 9.97 Å². The molecule has 1 aromatic rings. The molecule has 0 unspecified atom stereocenters. The van der Waals surface area contributed by atoms with Crippen molar-refractivity contribution >= 4 is 11.6 Å². The summed E-state index contributed by atoms with van der Waals surface area (Å²) in [6, 6.07) is 1.84. The quantitative estimate of drug-likeness (QED) is 0.804. The van der Waals surface area contributed by atoms with E-state index in [9.17, 15) is 0 Å². The fourth-order valence-corrected chi connectivity index (χ4v) is 1.52. The number of rotatable bonds is 5. The average Bonchev–Trinajstić information content (AvgIpc) is 2.17. The van der Waals surface area contributed by atoms with Crippen LogP contribution < -0.4 is 10.6 Å². The van der Waals surface area contributed by atoms with Crippen molar-refractivity contribution in [3.05, 3.63) is 11.9 Å². The standard InChI is InChI=1S/C11H20N4/c1-4-6-7-15(5-2)11-8-10(12)13-9(3)14-11/h8H,4-7H2,1-3H3,(H2,12,13,14). The zero-order valence-corrected chi connectivity index (χ0v) is 9.82. The zero-order valence-electron chi connectivity index (χ0n) is 9.82. The molecule has 0 saturated heterocycles. The van der Waals surface area contributed by atoms with Gasteiger partial charge in [-0.3, -0.25) is 0 Å². The maximum absolute atomic E-state index is 5.70. The normalized spacial score (nSPS) is 10.3. The molecule has 0 radical (unpaired) electrons. The van der Waals surface area contributed by atoms with Gasteiger partial charge in [0.2, 0.25) is 0 Å². The molecule has 0 aromatic carbocycles. The second kappa shape index (κ2) is 5.53. The molecule has 84 valence electrons. The van der Waals surface area contributed by atoms with Gasteiger partial charge < -0.3 is 10.6 Å². The van der Waals surface area contributed by atoms with Gasteiger partial charge in [0.15, 0.2) is 0 Å². The molecule has 1 rings (SSSR count). The SMILES string of the molecule is CCCCN(CC)c1cc(N)nc(C)n1. The molecule has 0 atom stereocenters. The number of aromatic nitrogens is 2. The molecular weight excluding hydrogens is 188 g/mol. The van der Waals surface area contributed by atoms with Crippen LogP contribution in [-0.4, -0.2) is 23.1 Å². The summed E-state index contributed by atoms with van der Waals surface area (Å²) in [5.74, 6) is 2.23. The summed E-state index contributed by atoms with van der Waals surface area (Å²) in [6.07, 6.45) is 2.37. The molecule has 1 heterocycles. The van der Waals surface area contributed by atoms with Gasteiger partial charge in [-0.05, 0) is 20.3 Å². The molecule has 0 amide bonds. The minimum atomic E-state index is 0.549. The van der Waals surface area contributed by atoms with Crippen LogP contribution in [-0.2, 0) is 0 Å². The lowest BCUT2D eigenvalue weighted by Crippen LogP contribution is -2.25. The Labute approximate surface area is 91.5 Å². The number of nitrogens with zero attached hydrogens (tertiary/aromatic N) is 3. The monoisotopic (exact) mass is 208 g/mol. The number of hydrogen-bond donors (Lipinski definition) is 1. The number of hydrogen-bond acceptors (Lipinski definition) is 4. The molecule has 0 saturated carbocycles. The van der Waals surface area contributed by atoms with E-state index in [1.165, 1.54) is 12.8 Å². The van der Waals surface area contributed by atoms with Gasteiger partial charge in [-0.15, -0.1) is 0 Å². The molecule has 2 N–H and O–H groups in total. The van der Waals surface area contributed by atoms with Gasteiger partial charge in [0.05, 0.1) is 0 Å². The summed E-state index contributed by atoms with van der Waals surface area (Å²) >= 11 is 0. The van der Waals surface area contributed by atoms with Crippen molar-refractivity contribution in [3.63, 3.8) is 0 Å². The lowest BCUT2D eigenvalue weighted by Gasteiger charge is -2.21. The highest BCUT2D eigenvalue weighted by atomic mass is 15.2. The predicted octanol–water partition coefficient (Wildman–Crippen LogP) is 1.99. The number of anilines is 2. The van der Waals surface area contributed by atoms with Crippen LogP contribution in [0.25, 0.3) is 0 Å². The van der Waals surface area contributed by atoms with Crippen molar-refractivity contribution in [1.29, 1.82) is 0 Å². The summed E-state index contributed by atoms with van der Waals surface area (Å²) in [5, 5.41) is 0. The second-order valence-electron chi connectivity index (χ2n) is 3.63. The van der Waals surface area contributed by atoms with Crippen LogP contribution in [0, 0.1) is 6.92 Å². The molecule has 0 bridgehead atoms. The number of nitrogen functional groups attached to an aromatic ring is 1. The van der Waals surface area contributed by atoms with Gasteiger partial charge >= 0.3 is 0 Å². The van der Waals surface area contributed by atoms with Crippen molar-refractivity contribution in [2.75, 3.05) is 23.7 Å². The lowest BCUT2D eigenvalue weighted by molar-refractivity contribution is 0.721. The van der Waals surface area contributed by atoms with Crippen molar-refractivity contribution in [2.45, 2.75) is 33.6 Å². The van der Waals surface area contributed by atoms with Crippen molar-refractivity contribution in [1.82, 2.24) is 9.97 Å². The van der Waals surface area contributed by atoms with E-state index in [1.807, 2.05) is 13.0 Å². The summed E-state index contributed by atoms with van der Waals surface area (Å²) in [6.45, 7) is 8.17. The van der Waals surface area contributed by atoms with E-state index in [0.717, 1.165) is 24.7 Å². The third-order valence-corrected chi connectivity index (χ3v) is 2.33. The lowest BCUT2D eigenvalue weighted by atomic mass is 10.3. The highest BCUT2D eigenvalue weighted by molar-refractivity contribution is 5.46. The Morgan fingerprint density at radius 3 is 2.60 bits per heavy atom. The molecule has 4 heteroatoms. The van der Waals surface area contributed by atoms with Crippen LogP contribution in [0.2, 0.25) is 0 Å². The van der Waals surface area contributed by atoms with Gasteiger partial charge in [0.25, 0.3) is 0 Å². The van der Waals surface area contributed by atoms with Gasteiger partial charge in [-0.1, -0.05) is 13.3 Å². The first-order valence-corrected chi connectivity index (χ1v) is 5.53. The molecule has 0 aliphatic carbocycles. The van der Waals surface area contributed by atoms with E-state index in [-0.39, 0.29) is 0 Å². The van der Waals surface area contributed by atoms with Crippen LogP contribution in [0.1, 0.15) is 32.5 Å². The topological polar surface area (TPSA) is 55.0 Å². The summed E-state index contributed by atoms with van der Waals surface area (Å²) in [7, 11) is 0. The van der Waals surface area contributed by atoms with E-state index in [4.69, 9.17) is 5.73 Å². The molecule has 1 aromatic heterocycles. The Hall–Kier alpha value is -1.32. The van der Waals surface area contributed by atoms with E-state index in [1.54, 1.807) is 0 Å². The Morgan fingerprint density at radius 2 is 2.07 bits per heavy atom. The summed E-state index contributed by atoms with van der Waals surface area (Å²) in [5.41, 5.74) is 5.70. The van der Waals surface area contributed by atoms with E-state index < -0.39 is 0 Å². The second-order valence-corrected chi connectivity index (χ2v) is 3.63. The zero-order chi connectivity index (χ0) is 11.3. The Morgan fingerprint density at radius 1 is 1.33 bits per heavy atom. The number of unbranched alkanes of at least 4 members (excludes halogenated alkanes) is 1. The van der Waals surface area contributed by atoms with Crippen LogP contribution in [0.4, 0.5) is 11.6 Å². The van der Waals surface area contributed by atoms with Gasteiger partial charge in [0.1, 0.15) is 17.5 Å². The highest BCUT2D eigenvalue weighted by Gasteiger charge is 2.06. The first-order valence-electron chi connectivity index (χ1n) is 5.53. The smallest absolute Gasteiger partial charge is 0.134 e. The van der Waals surface area contributed by atoms with Crippen LogP contribution in [0.15, 0.2) is 6.07 Å². The maximum atomic E-state index is 5.70. The predicted molar refractivity (Wildman–Crippen MR) is 64.0 cm³/mol. The molecule has 0 aliphatic rings. The fourth-order valence-electron chi connectivity index (χ4n) is 1.52. The van der Waals surface area contributed by atoms with Crippen LogP contribution >= 0.6 is 0 Å². The third kappa shape index (κ3) is 3.38. The minimum Gasteiger partial charge on any atom is -0.384 e. The first-order chi connectivity index (χ1) is 7.17. The molecule has 0 spiro atoms. The molecule has 15 heavy (non-hydrogen) atoms. The Kier molecular flexibility index (Phi) is 4.34. The molecule has 0 fully saturated rings. The minimum absolute atomic E-state index is 0.549. The average molecular weight is 208 g/mol. The van der Waals surface area contributed by atoms with Gasteiger partial charge in [0, 0.05) is 19.2 Å². The van der Waals surface area contributed by atoms with Crippen molar-refractivity contribution in [2.24, 2.45) is 0 Å².